The van der Waals surface area contributed by atoms with E-state index in [1.54, 1.807) is 30.5 Å². The second-order valence-electron chi connectivity index (χ2n) is 6.59. The highest BCUT2D eigenvalue weighted by Crippen LogP contribution is 2.22. The van der Waals surface area contributed by atoms with Gasteiger partial charge in [-0.2, -0.15) is 0 Å². The summed E-state index contributed by atoms with van der Waals surface area (Å²) in [5.74, 6) is -1.03. The van der Waals surface area contributed by atoms with Crippen LogP contribution in [0.25, 0.3) is 0 Å². The van der Waals surface area contributed by atoms with Crippen LogP contribution in [-0.4, -0.2) is 16.4 Å². The van der Waals surface area contributed by atoms with Crippen LogP contribution in [0.3, 0.4) is 0 Å². The Balaban J connectivity index is 1.60. The molecular weight excluding hydrogens is 425 g/mol. The molecule has 2 aromatic carbocycles. The molecule has 6 nitrogen and oxygen atoms in total. The Bertz CT molecular complexity index is 1110. The third-order valence-electron chi connectivity index (χ3n) is 4.40. The highest BCUT2D eigenvalue weighted by Gasteiger charge is 2.13. The zero-order valence-corrected chi connectivity index (χ0v) is 17.4. The quantitative estimate of drug-likeness (QED) is 0.571. The number of rotatable bonds is 6. The van der Waals surface area contributed by atoms with Gasteiger partial charge in [0.15, 0.2) is 0 Å². The number of carbonyl (C=O) groups excluding carboxylic acids is 2. The van der Waals surface area contributed by atoms with E-state index in [-0.39, 0.29) is 24.4 Å². The van der Waals surface area contributed by atoms with Gasteiger partial charge in [0, 0.05) is 12.6 Å². The number of carbonyl (C=O) groups is 2. The molecule has 0 atom stereocenters. The lowest BCUT2D eigenvalue weighted by molar-refractivity contribution is -0.121. The van der Waals surface area contributed by atoms with Gasteiger partial charge in [0.1, 0.15) is 5.56 Å². The molecule has 0 spiro atoms. The number of pyridine rings is 1. The molecule has 3 aromatic rings. The van der Waals surface area contributed by atoms with Crippen LogP contribution in [-0.2, 0) is 17.8 Å². The molecule has 2 N–H and O–H groups in total. The SMILES string of the molecule is O=C(CCc1ccccc1)NNC(=O)c1cccn(Cc2ccc(Cl)c(Cl)c2)c1=O. The average molecular weight is 444 g/mol. The van der Waals surface area contributed by atoms with Crippen LogP contribution in [0.15, 0.2) is 71.7 Å². The molecule has 0 saturated carbocycles. The Morgan fingerprint density at radius 3 is 2.37 bits per heavy atom. The largest absolute Gasteiger partial charge is 0.310 e. The normalized spacial score (nSPS) is 10.5. The number of nitrogens with zero attached hydrogens (tertiary/aromatic N) is 1. The second kappa shape index (κ2) is 10.1. The van der Waals surface area contributed by atoms with Crippen LogP contribution in [0.5, 0.6) is 0 Å². The lowest BCUT2D eigenvalue weighted by Gasteiger charge is -2.10. The third kappa shape index (κ3) is 5.72. The molecule has 0 bridgehead atoms. The fraction of sp³-hybridized carbons (Fsp3) is 0.136. The second-order valence-corrected chi connectivity index (χ2v) is 7.41. The summed E-state index contributed by atoms with van der Waals surface area (Å²) in [4.78, 5) is 37.0. The summed E-state index contributed by atoms with van der Waals surface area (Å²) >= 11 is 11.9. The van der Waals surface area contributed by atoms with Gasteiger partial charge in [-0.25, -0.2) is 0 Å². The highest BCUT2D eigenvalue weighted by molar-refractivity contribution is 6.42. The summed E-state index contributed by atoms with van der Waals surface area (Å²) < 4.78 is 1.38. The summed E-state index contributed by atoms with van der Waals surface area (Å²) in [5.41, 5.74) is 5.85. The first kappa shape index (κ1) is 21.6. The summed E-state index contributed by atoms with van der Waals surface area (Å²) in [6.07, 6.45) is 2.32. The molecular formula is C22H19Cl2N3O3. The van der Waals surface area contributed by atoms with Gasteiger partial charge >= 0.3 is 0 Å². The molecule has 0 aliphatic carbocycles. The van der Waals surface area contributed by atoms with Gasteiger partial charge in [-0.3, -0.25) is 25.2 Å². The molecule has 30 heavy (non-hydrogen) atoms. The van der Waals surface area contributed by atoms with E-state index in [1.165, 1.54) is 10.6 Å². The molecule has 0 radical (unpaired) electrons. The number of aryl methyl sites for hydroxylation is 1. The van der Waals surface area contributed by atoms with E-state index in [0.717, 1.165) is 11.1 Å². The minimum Gasteiger partial charge on any atom is -0.310 e. The predicted octanol–water partition coefficient (Wildman–Crippen LogP) is 3.60. The van der Waals surface area contributed by atoms with E-state index in [0.29, 0.717) is 16.5 Å². The van der Waals surface area contributed by atoms with E-state index < -0.39 is 11.5 Å². The van der Waals surface area contributed by atoms with Gasteiger partial charge in [-0.1, -0.05) is 59.6 Å². The highest BCUT2D eigenvalue weighted by atomic mass is 35.5. The van der Waals surface area contributed by atoms with Crippen molar-refractivity contribution >= 4 is 35.0 Å². The fourth-order valence-corrected chi connectivity index (χ4v) is 3.15. The summed E-state index contributed by atoms with van der Waals surface area (Å²) in [6.45, 7) is 0.222. The summed E-state index contributed by atoms with van der Waals surface area (Å²) in [5, 5.41) is 0.804. The summed E-state index contributed by atoms with van der Waals surface area (Å²) in [6, 6.07) is 17.6. The molecule has 2 amide bonds. The Labute approximate surface area is 183 Å². The lowest BCUT2D eigenvalue weighted by Crippen LogP contribution is -2.44. The molecule has 1 aromatic heterocycles. The molecule has 0 unspecified atom stereocenters. The first-order chi connectivity index (χ1) is 14.4. The van der Waals surface area contributed by atoms with Crippen molar-refractivity contribution in [2.24, 2.45) is 0 Å². The minimum atomic E-state index is -0.684. The minimum absolute atomic E-state index is 0.0825. The maximum absolute atomic E-state index is 12.7. The zero-order chi connectivity index (χ0) is 21.5. The molecule has 0 saturated heterocycles. The van der Waals surface area contributed by atoms with Gasteiger partial charge in [-0.15, -0.1) is 0 Å². The van der Waals surface area contributed by atoms with Gasteiger partial charge in [0.05, 0.1) is 16.6 Å². The van der Waals surface area contributed by atoms with Crippen LogP contribution in [0.4, 0.5) is 0 Å². The maximum Gasteiger partial charge on any atom is 0.275 e. The van der Waals surface area contributed by atoms with Gasteiger partial charge < -0.3 is 4.57 Å². The number of halogens is 2. The Morgan fingerprint density at radius 2 is 1.63 bits per heavy atom. The van der Waals surface area contributed by atoms with Crippen LogP contribution in [0.2, 0.25) is 10.0 Å². The van der Waals surface area contributed by atoms with Gasteiger partial charge in [-0.05, 0) is 41.8 Å². The van der Waals surface area contributed by atoms with E-state index in [9.17, 15) is 14.4 Å². The number of nitrogens with one attached hydrogen (secondary N) is 2. The van der Waals surface area contributed by atoms with Crippen molar-refractivity contribution in [1.82, 2.24) is 15.4 Å². The third-order valence-corrected chi connectivity index (χ3v) is 5.14. The van der Waals surface area contributed by atoms with Crippen LogP contribution < -0.4 is 16.4 Å². The standard InChI is InChI=1S/C22H19Cl2N3O3/c23-18-10-8-16(13-19(18)24)14-27-12-4-7-17(22(27)30)21(29)26-25-20(28)11-9-15-5-2-1-3-6-15/h1-8,10,12-13H,9,11,14H2,(H,25,28)(H,26,29). The van der Waals surface area contributed by atoms with Crippen molar-refractivity contribution in [3.8, 4) is 0 Å². The Morgan fingerprint density at radius 1 is 0.867 bits per heavy atom. The van der Waals surface area contributed by atoms with Crippen molar-refractivity contribution in [2.75, 3.05) is 0 Å². The maximum atomic E-state index is 12.7. The van der Waals surface area contributed by atoms with E-state index in [4.69, 9.17) is 23.2 Å². The van der Waals surface area contributed by atoms with Crippen LogP contribution >= 0.6 is 23.2 Å². The number of hydrogen-bond acceptors (Lipinski definition) is 3. The fourth-order valence-electron chi connectivity index (χ4n) is 2.83. The van der Waals surface area contributed by atoms with E-state index >= 15 is 0 Å². The molecule has 0 aliphatic rings. The number of amides is 2. The average Bonchev–Trinajstić information content (AvgIpc) is 2.75. The monoisotopic (exact) mass is 443 g/mol. The van der Waals surface area contributed by atoms with Crippen molar-refractivity contribution in [1.29, 1.82) is 0 Å². The molecule has 3 rings (SSSR count). The molecule has 154 valence electrons. The van der Waals surface area contributed by atoms with Crippen molar-refractivity contribution in [3.63, 3.8) is 0 Å². The van der Waals surface area contributed by atoms with Crippen molar-refractivity contribution in [2.45, 2.75) is 19.4 Å². The molecule has 1 heterocycles. The van der Waals surface area contributed by atoms with Gasteiger partial charge in [0.2, 0.25) is 5.91 Å². The summed E-state index contributed by atoms with van der Waals surface area (Å²) in [7, 11) is 0. The molecule has 0 aliphatic heterocycles. The van der Waals surface area contributed by atoms with Gasteiger partial charge in [0.25, 0.3) is 11.5 Å². The molecule has 8 heteroatoms. The lowest BCUT2D eigenvalue weighted by atomic mass is 10.1. The number of hydrazine groups is 1. The first-order valence-corrected chi connectivity index (χ1v) is 9.96. The van der Waals surface area contributed by atoms with Crippen molar-refractivity contribution < 1.29 is 9.59 Å². The smallest absolute Gasteiger partial charge is 0.275 e. The number of hydrogen-bond donors (Lipinski definition) is 2. The van der Waals surface area contributed by atoms with Crippen LogP contribution in [0, 0.1) is 0 Å². The topological polar surface area (TPSA) is 80.2 Å². The molecule has 0 fully saturated rings. The van der Waals surface area contributed by atoms with Crippen LogP contribution in [0.1, 0.15) is 27.9 Å². The predicted molar refractivity (Wildman–Crippen MR) is 117 cm³/mol. The number of benzene rings is 2. The van der Waals surface area contributed by atoms with E-state index in [2.05, 4.69) is 10.9 Å². The first-order valence-electron chi connectivity index (χ1n) is 9.20. The zero-order valence-electron chi connectivity index (χ0n) is 15.9. The number of aromatic nitrogens is 1. The van der Waals surface area contributed by atoms with E-state index in [1.807, 2.05) is 30.3 Å². The Kier molecular flexibility index (Phi) is 7.27. The Hall–Kier alpha value is -3.09. The van der Waals surface area contributed by atoms with Crippen molar-refractivity contribution in [3.05, 3.63) is 104 Å².